The summed E-state index contributed by atoms with van der Waals surface area (Å²) < 4.78 is 0. The maximum absolute atomic E-state index is 7.57. The predicted molar refractivity (Wildman–Crippen MR) is 55.7 cm³/mol. The van der Waals surface area contributed by atoms with E-state index < -0.39 is 0 Å². The van der Waals surface area contributed by atoms with E-state index in [9.17, 15) is 0 Å². The molecule has 0 heterocycles. The maximum atomic E-state index is 7.57. The molecule has 15 heavy (non-hydrogen) atoms. The average molecular weight is 293 g/mol. The van der Waals surface area contributed by atoms with Crippen LogP contribution in [0.5, 0.6) is 0 Å². The van der Waals surface area contributed by atoms with E-state index >= 15 is 0 Å². The van der Waals surface area contributed by atoms with Crippen LogP contribution in [-0.4, -0.2) is 24.8 Å². The van der Waals surface area contributed by atoms with Gasteiger partial charge in [0.1, 0.15) is 0 Å². The summed E-state index contributed by atoms with van der Waals surface area (Å²) in [6.45, 7) is 8.50. The third kappa shape index (κ3) is 51.0. The molecule has 0 saturated heterocycles. The Bertz CT molecular complexity index is 65.4. The smallest absolute Gasteiger partial charge is 1.00 e. The number of halogens is 2. The van der Waals surface area contributed by atoms with Gasteiger partial charge in [-0.3, -0.25) is 0 Å². The molecule has 0 aromatic heterocycles. The molecule has 0 fully saturated rings. The third-order valence-electron chi connectivity index (χ3n) is 1.34. The zero-order chi connectivity index (χ0) is 9.66. The van der Waals surface area contributed by atoms with E-state index in [0.717, 1.165) is 13.1 Å². The van der Waals surface area contributed by atoms with Crippen LogP contribution in [0.25, 0.3) is 5.32 Å². The molecule has 5 heteroatoms. The molecule has 0 atom stereocenters. The first-order chi connectivity index (χ1) is 5.83. The molecule has 0 amide bonds. The number of hydrogen-bond acceptors (Lipinski definition) is 1. The molecule has 0 unspecified atom stereocenters. The molecule has 0 spiro atoms. The van der Waals surface area contributed by atoms with Crippen LogP contribution in [0.4, 0.5) is 0 Å². The van der Waals surface area contributed by atoms with Crippen molar-refractivity contribution in [3.63, 3.8) is 0 Å². The van der Waals surface area contributed by atoms with Gasteiger partial charge in [-0.2, -0.15) is 0 Å². The van der Waals surface area contributed by atoms with Gasteiger partial charge in [-0.25, -0.2) is 0 Å². The second-order valence-electron chi connectivity index (χ2n) is 2.69. The monoisotopic (exact) mass is 292 g/mol. The van der Waals surface area contributed by atoms with Crippen molar-refractivity contribution in [1.82, 2.24) is 0 Å². The van der Waals surface area contributed by atoms with Gasteiger partial charge in [-0.15, -0.1) is 13.1 Å². The first-order valence-corrected chi connectivity index (χ1v) is 5.07. The van der Waals surface area contributed by atoms with Crippen molar-refractivity contribution < 1.29 is 51.6 Å². The summed E-state index contributed by atoms with van der Waals surface area (Å²) >= 11 is 0. The molecule has 0 aromatic rings. The molecule has 0 saturated carbocycles. The quantitative estimate of drug-likeness (QED) is 0.410. The molecule has 0 bridgehead atoms. The van der Waals surface area contributed by atoms with E-state index in [1.54, 1.807) is 6.92 Å². The topological polar surface area (TPSA) is 34.3 Å². The number of unbranched alkanes of at least 4 members (excludes halogenated alkanes) is 2. The van der Waals surface area contributed by atoms with Crippen LogP contribution >= 0.6 is 0 Å². The standard InChI is InChI=1S/C8H18N.C2H6O.2ClH.Ti/c1-3-5-7-9-8-6-4-2;1-2-3;;;/h3-8H2,1-2H3;3H,2H2,1H3;2*1H;/q-1;;;;+3/p-2. The second-order valence-corrected chi connectivity index (χ2v) is 2.69. The van der Waals surface area contributed by atoms with Crippen molar-refractivity contribution in [2.75, 3.05) is 19.7 Å². The van der Waals surface area contributed by atoms with Crippen molar-refractivity contribution in [3.8, 4) is 0 Å². The van der Waals surface area contributed by atoms with Gasteiger partial charge in [0.05, 0.1) is 0 Å². The van der Waals surface area contributed by atoms with Gasteiger partial charge in [-0.1, -0.05) is 39.5 Å². The van der Waals surface area contributed by atoms with Gasteiger partial charge in [0, 0.05) is 6.61 Å². The number of rotatable bonds is 6. The van der Waals surface area contributed by atoms with Crippen LogP contribution in [0.15, 0.2) is 0 Å². The fraction of sp³-hybridized carbons (Fsp3) is 1.00. The van der Waals surface area contributed by atoms with Crippen LogP contribution in [-0.2, 0) is 21.7 Å². The van der Waals surface area contributed by atoms with Crippen LogP contribution in [0.1, 0.15) is 46.5 Å². The molecule has 93 valence electrons. The van der Waals surface area contributed by atoms with Gasteiger partial charge in [-0.05, 0) is 6.92 Å². The van der Waals surface area contributed by atoms with Crippen molar-refractivity contribution >= 4 is 0 Å². The Morgan fingerprint density at radius 1 is 0.867 bits per heavy atom. The van der Waals surface area contributed by atoms with Gasteiger partial charge in [0.2, 0.25) is 0 Å². The Balaban J connectivity index is -0.0000000500. The van der Waals surface area contributed by atoms with E-state index in [1.807, 2.05) is 0 Å². The number of aliphatic hydroxyl groups excluding tert-OH is 1. The summed E-state index contributed by atoms with van der Waals surface area (Å²) in [7, 11) is 0. The minimum Gasteiger partial charge on any atom is -1.00 e. The molecular weight excluding hydrogens is 269 g/mol. The number of aliphatic hydroxyl groups is 1. The maximum Gasteiger partial charge on any atom is 3.00 e. The first kappa shape index (κ1) is 29.8. The van der Waals surface area contributed by atoms with Gasteiger partial charge in [0.15, 0.2) is 0 Å². The van der Waals surface area contributed by atoms with Gasteiger partial charge >= 0.3 is 21.7 Å². The molecule has 0 aliphatic heterocycles. The second kappa shape index (κ2) is 36.2. The zero-order valence-corrected chi connectivity index (χ0v) is 13.2. The molecule has 0 aliphatic carbocycles. The summed E-state index contributed by atoms with van der Waals surface area (Å²) in [6.07, 6.45) is 5.08. The van der Waals surface area contributed by atoms with E-state index in [-0.39, 0.29) is 53.1 Å². The van der Waals surface area contributed by atoms with Crippen LogP contribution < -0.4 is 24.8 Å². The van der Waals surface area contributed by atoms with Crippen molar-refractivity contribution in [1.29, 1.82) is 0 Å². The summed E-state index contributed by atoms with van der Waals surface area (Å²) in [5, 5.41) is 11.9. The minimum atomic E-state index is 0. The Morgan fingerprint density at radius 2 is 1.13 bits per heavy atom. The van der Waals surface area contributed by atoms with Crippen molar-refractivity contribution in [3.05, 3.63) is 5.32 Å². The summed E-state index contributed by atoms with van der Waals surface area (Å²) in [5.41, 5.74) is 0. The normalized spacial score (nSPS) is 7.20. The molecule has 2 nitrogen and oxygen atoms in total. The molecule has 1 radical (unpaired) electrons. The van der Waals surface area contributed by atoms with Crippen LogP contribution in [0.3, 0.4) is 0 Å². The van der Waals surface area contributed by atoms with Crippen molar-refractivity contribution in [2.45, 2.75) is 46.5 Å². The largest absolute Gasteiger partial charge is 3.00 e. The number of hydrogen-bond donors (Lipinski definition) is 1. The van der Waals surface area contributed by atoms with E-state index in [4.69, 9.17) is 5.11 Å². The average Bonchev–Trinajstić information content (AvgIpc) is 2.06. The van der Waals surface area contributed by atoms with Gasteiger partial charge in [0.25, 0.3) is 0 Å². The Labute approximate surface area is 123 Å². The van der Waals surface area contributed by atoms with E-state index in [0.29, 0.717) is 0 Å². The van der Waals surface area contributed by atoms with Crippen LogP contribution in [0.2, 0.25) is 0 Å². The van der Waals surface area contributed by atoms with Crippen molar-refractivity contribution in [2.24, 2.45) is 0 Å². The summed E-state index contributed by atoms with van der Waals surface area (Å²) in [5.74, 6) is 0. The minimum absolute atomic E-state index is 0. The Kier molecular flexibility index (Phi) is 72.0. The molecular formula is C10H24Cl2NOTi. The third-order valence-corrected chi connectivity index (χ3v) is 1.34. The Hall–Kier alpha value is 1.21. The fourth-order valence-corrected chi connectivity index (χ4v) is 0.652. The van der Waals surface area contributed by atoms with Gasteiger partial charge < -0.3 is 35.2 Å². The first-order valence-electron chi connectivity index (χ1n) is 5.07. The molecule has 0 aromatic carbocycles. The van der Waals surface area contributed by atoms with E-state index in [2.05, 4.69) is 19.2 Å². The summed E-state index contributed by atoms with van der Waals surface area (Å²) in [6, 6.07) is 0. The molecule has 0 aliphatic rings. The molecule has 0 rings (SSSR count). The Morgan fingerprint density at radius 3 is 1.33 bits per heavy atom. The van der Waals surface area contributed by atoms with E-state index in [1.165, 1.54) is 25.7 Å². The SMILES string of the molecule is CCCC[N-]CCCC.CCO.[Cl-].[Cl-].[Ti+3]. The number of nitrogens with zero attached hydrogens (tertiary/aromatic N) is 1. The summed E-state index contributed by atoms with van der Waals surface area (Å²) in [4.78, 5) is 0. The predicted octanol–water partition coefficient (Wildman–Crippen LogP) is -3.04. The molecule has 1 N–H and O–H groups in total. The van der Waals surface area contributed by atoms with Crippen LogP contribution in [0, 0.1) is 0 Å². The zero-order valence-electron chi connectivity index (χ0n) is 10.1. The fourth-order valence-electron chi connectivity index (χ4n) is 0.652.